The molecule has 2 rings (SSSR count). The zero-order valence-electron chi connectivity index (χ0n) is 11.0. The topological polar surface area (TPSA) is 27.7 Å². The zero-order valence-corrected chi connectivity index (χ0v) is 12.5. The number of hydrogen-bond donors (Lipinski definition) is 0. The lowest BCUT2D eigenvalue weighted by molar-refractivity contribution is 0.324. The van der Waals surface area contributed by atoms with Gasteiger partial charge < -0.3 is 14.2 Å². The van der Waals surface area contributed by atoms with Crippen LogP contribution in [0.25, 0.3) is 0 Å². The molecule has 1 atom stereocenters. The second-order valence-corrected chi connectivity index (χ2v) is 5.25. The van der Waals surface area contributed by atoms with Crippen LogP contribution in [0.5, 0.6) is 17.2 Å². The molecule has 0 spiro atoms. The van der Waals surface area contributed by atoms with E-state index in [1.54, 1.807) is 32.7 Å². The lowest BCUT2D eigenvalue weighted by Crippen LogP contribution is -1.98. The molecule has 3 nitrogen and oxygen atoms in total. The first-order valence-corrected chi connectivity index (χ1v) is 7.00. The Morgan fingerprint density at radius 3 is 2.11 bits per heavy atom. The first-order valence-electron chi connectivity index (χ1n) is 5.68. The van der Waals surface area contributed by atoms with Gasteiger partial charge in [-0.25, -0.2) is 0 Å². The fourth-order valence-electron chi connectivity index (χ4n) is 1.85. The van der Waals surface area contributed by atoms with Gasteiger partial charge in [-0.3, -0.25) is 0 Å². The van der Waals surface area contributed by atoms with Crippen molar-refractivity contribution in [2.75, 3.05) is 21.3 Å². The third-order valence-corrected chi connectivity index (χ3v) is 4.33. The van der Waals surface area contributed by atoms with Gasteiger partial charge in [0.1, 0.15) is 0 Å². The Morgan fingerprint density at radius 1 is 1.05 bits per heavy atom. The van der Waals surface area contributed by atoms with Gasteiger partial charge in [-0.1, -0.05) is 6.07 Å². The Hall–Kier alpha value is -1.39. The maximum atomic E-state index is 6.48. The normalized spacial score (nSPS) is 12.0. The highest BCUT2D eigenvalue weighted by atomic mass is 35.5. The van der Waals surface area contributed by atoms with Crippen molar-refractivity contribution in [3.63, 3.8) is 0 Å². The summed E-state index contributed by atoms with van der Waals surface area (Å²) < 4.78 is 15.9. The summed E-state index contributed by atoms with van der Waals surface area (Å²) in [5.41, 5.74) is 0.915. The van der Waals surface area contributed by atoms with Crippen LogP contribution in [-0.2, 0) is 0 Å². The molecule has 0 aliphatic carbocycles. The second kappa shape index (κ2) is 6.17. The minimum Gasteiger partial charge on any atom is -0.493 e. The Balaban J connectivity index is 2.47. The Morgan fingerprint density at radius 2 is 1.68 bits per heavy atom. The van der Waals surface area contributed by atoms with Crippen molar-refractivity contribution in [2.45, 2.75) is 5.38 Å². The highest BCUT2D eigenvalue weighted by molar-refractivity contribution is 7.10. The van der Waals surface area contributed by atoms with Crippen molar-refractivity contribution in [1.29, 1.82) is 0 Å². The minimum atomic E-state index is -0.228. The van der Waals surface area contributed by atoms with E-state index >= 15 is 0 Å². The lowest BCUT2D eigenvalue weighted by Gasteiger charge is -2.16. The van der Waals surface area contributed by atoms with Crippen molar-refractivity contribution < 1.29 is 14.2 Å². The molecule has 2 aromatic rings. The molecule has 1 heterocycles. The molecule has 102 valence electrons. The summed E-state index contributed by atoms with van der Waals surface area (Å²) in [6, 6.07) is 7.73. The quantitative estimate of drug-likeness (QED) is 0.778. The average Bonchev–Trinajstić information content (AvgIpc) is 2.98. The zero-order chi connectivity index (χ0) is 13.8. The van der Waals surface area contributed by atoms with Crippen molar-refractivity contribution in [1.82, 2.24) is 0 Å². The van der Waals surface area contributed by atoms with Gasteiger partial charge in [0, 0.05) is 4.88 Å². The maximum absolute atomic E-state index is 6.48. The lowest BCUT2D eigenvalue weighted by atomic mass is 10.1. The van der Waals surface area contributed by atoms with Crippen LogP contribution in [0.3, 0.4) is 0 Å². The van der Waals surface area contributed by atoms with Crippen LogP contribution in [0.2, 0.25) is 0 Å². The van der Waals surface area contributed by atoms with E-state index in [2.05, 4.69) is 0 Å². The molecule has 5 heteroatoms. The van der Waals surface area contributed by atoms with Crippen molar-refractivity contribution >= 4 is 22.9 Å². The molecule has 0 N–H and O–H groups in total. The number of hydrogen-bond acceptors (Lipinski definition) is 4. The van der Waals surface area contributed by atoms with Crippen molar-refractivity contribution in [3.8, 4) is 17.2 Å². The van der Waals surface area contributed by atoms with Crippen LogP contribution in [0.4, 0.5) is 0 Å². The molecule has 0 aliphatic rings. The number of rotatable bonds is 5. The molecule has 1 aromatic heterocycles. The molecular weight excluding hydrogens is 284 g/mol. The molecule has 0 amide bonds. The average molecular weight is 299 g/mol. The Kier molecular flexibility index (Phi) is 4.56. The number of benzene rings is 1. The van der Waals surface area contributed by atoms with E-state index in [0.717, 1.165) is 10.4 Å². The van der Waals surface area contributed by atoms with Crippen LogP contribution in [-0.4, -0.2) is 21.3 Å². The standard InChI is InChI=1S/C14H15ClO3S/c1-16-10-7-9(8-11(17-2)14(10)18-3)13(15)12-5-4-6-19-12/h4-8,13H,1-3H3. The number of halogens is 1. The molecule has 0 bridgehead atoms. The summed E-state index contributed by atoms with van der Waals surface area (Å²) in [6.07, 6.45) is 0. The van der Waals surface area contributed by atoms with Crippen molar-refractivity contribution in [3.05, 3.63) is 40.1 Å². The summed E-state index contributed by atoms with van der Waals surface area (Å²) >= 11 is 8.10. The van der Waals surface area contributed by atoms with Crippen LogP contribution in [0.1, 0.15) is 15.8 Å². The van der Waals surface area contributed by atoms with Crippen LogP contribution >= 0.6 is 22.9 Å². The monoisotopic (exact) mass is 298 g/mol. The number of alkyl halides is 1. The third-order valence-electron chi connectivity index (χ3n) is 2.77. The SMILES string of the molecule is COc1cc(C(Cl)c2cccs2)cc(OC)c1OC. The van der Waals surface area contributed by atoms with Gasteiger partial charge >= 0.3 is 0 Å². The molecule has 1 unspecified atom stereocenters. The second-order valence-electron chi connectivity index (χ2n) is 3.84. The maximum Gasteiger partial charge on any atom is 0.203 e. The minimum absolute atomic E-state index is 0.228. The molecule has 0 radical (unpaired) electrons. The number of methoxy groups -OCH3 is 3. The number of ether oxygens (including phenoxy) is 3. The third kappa shape index (κ3) is 2.80. The molecular formula is C14H15ClO3S. The van der Waals surface area contributed by atoms with Gasteiger partial charge in [0.05, 0.1) is 26.7 Å². The predicted molar refractivity (Wildman–Crippen MR) is 78.1 cm³/mol. The van der Waals surface area contributed by atoms with E-state index < -0.39 is 0 Å². The Bertz CT molecular complexity index is 515. The van der Waals surface area contributed by atoms with E-state index in [1.165, 1.54) is 0 Å². The molecule has 0 aliphatic heterocycles. The highest BCUT2D eigenvalue weighted by Gasteiger charge is 2.19. The first-order chi connectivity index (χ1) is 9.21. The van der Waals surface area contributed by atoms with Crippen molar-refractivity contribution in [2.24, 2.45) is 0 Å². The summed E-state index contributed by atoms with van der Waals surface area (Å²) in [4.78, 5) is 1.08. The van der Waals surface area contributed by atoms with E-state index in [-0.39, 0.29) is 5.38 Å². The van der Waals surface area contributed by atoms with E-state index in [0.29, 0.717) is 17.2 Å². The Labute approximate surface area is 121 Å². The highest BCUT2D eigenvalue weighted by Crippen LogP contribution is 2.42. The fraction of sp³-hybridized carbons (Fsp3) is 0.286. The molecule has 0 saturated heterocycles. The van der Waals surface area contributed by atoms with Gasteiger partial charge in [0.25, 0.3) is 0 Å². The molecule has 19 heavy (non-hydrogen) atoms. The van der Waals surface area contributed by atoms with Crippen LogP contribution in [0.15, 0.2) is 29.6 Å². The molecule has 0 fully saturated rings. The number of thiophene rings is 1. The van der Waals surface area contributed by atoms with E-state index in [1.807, 2.05) is 29.6 Å². The summed E-state index contributed by atoms with van der Waals surface area (Å²) in [6.45, 7) is 0. The predicted octanol–water partition coefficient (Wildman–Crippen LogP) is 4.10. The molecule has 0 saturated carbocycles. The van der Waals surface area contributed by atoms with Gasteiger partial charge in [-0.05, 0) is 29.1 Å². The smallest absolute Gasteiger partial charge is 0.203 e. The summed E-state index contributed by atoms with van der Waals surface area (Å²) in [7, 11) is 4.77. The summed E-state index contributed by atoms with van der Waals surface area (Å²) in [5.74, 6) is 1.79. The molecule has 1 aromatic carbocycles. The van der Waals surface area contributed by atoms with Gasteiger partial charge in [0.2, 0.25) is 5.75 Å². The van der Waals surface area contributed by atoms with Gasteiger partial charge in [-0.15, -0.1) is 22.9 Å². The van der Waals surface area contributed by atoms with Gasteiger partial charge in [0.15, 0.2) is 11.5 Å². The summed E-state index contributed by atoms with van der Waals surface area (Å²) in [5, 5.41) is 1.77. The first kappa shape index (κ1) is 14.0. The van der Waals surface area contributed by atoms with E-state index in [4.69, 9.17) is 25.8 Å². The van der Waals surface area contributed by atoms with Crippen LogP contribution < -0.4 is 14.2 Å². The van der Waals surface area contributed by atoms with E-state index in [9.17, 15) is 0 Å². The fourth-order valence-corrected chi connectivity index (χ4v) is 2.93. The largest absolute Gasteiger partial charge is 0.493 e. The van der Waals surface area contributed by atoms with Gasteiger partial charge in [-0.2, -0.15) is 0 Å². The van der Waals surface area contributed by atoms with Crippen LogP contribution in [0, 0.1) is 0 Å².